The maximum absolute atomic E-state index is 4.82. The Labute approximate surface area is 131 Å². The molecule has 0 radical (unpaired) electrons. The SMILES string of the molecule is CNCc1sc(N(C)CCc2ccccn2)nc1C(C)C. The summed E-state index contributed by atoms with van der Waals surface area (Å²) in [5, 5.41) is 4.33. The number of anilines is 1. The molecule has 0 amide bonds. The molecule has 0 saturated carbocycles. The van der Waals surface area contributed by atoms with Crippen molar-refractivity contribution in [2.45, 2.75) is 32.7 Å². The van der Waals surface area contributed by atoms with E-state index in [1.165, 1.54) is 10.6 Å². The molecule has 2 rings (SSSR count). The maximum Gasteiger partial charge on any atom is 0.185 e. The summed E-state index contributed by atoms with van der Waals surface area (Å²) in [5.41, 5.74) is 2.34. The van der Waals surface area contributed by atoms with E-state index >= 15 is 0 Å². The number of hydrogen-bond acceptors (Lipinski definition) is 5. The van der Waals surface area contributed by atoms with E-state index in [9.17, 15) is 0 Å². The Morgan fingerprint density at radius 1 is 1.33 bits per heavy atom. The van der Waals surface area contributed by atoms with Crippen molar-refractivity contribution in [2.24, 2.45) is 0 Å². The minimum Gasteiger partial charge on any atom is -0.351 e. The van der Waals surface area contributed by atoms with Crippen molar-refractivity contribution in [3.63, 3.8) is 0 Å². The molecule has 5 heteroatoms. The summed E-state index contributed by atoms with van der Waals surface area (Å²) < 4.78 is 0. The number of nitrogens with zero attached hydrogens (tertiary/aromatic N) is 3. The average molecular weight is 304 g/mol. The predicted octanol–water partition coefficient (Wildman–Crippen LogP) is 3.06. The highest BCUT2D eigenvalue weighted by molar-refractivity contribution is 7.15. The summed E-state index contributed by atoms with van der Waals surface area (Å²) in [7, 11) is 4.09. The third kappa shape index (κ3) is 4.25. The van der Waals surface area contributed by atoms with E-state index in [0.29, 0.717) is 5.92 Å². The minimum atomic E-state index is 0.461. The average Bonchev–Trinajstić information content (AvgIpc) is 2.90. The quantitative estimate of drug-likeness (QED) is 0.853. The molecule has 0 saturated heterocycles. The fourth-order valence-electron chi connectivity index (χ4n) is 2.18. The van der Waals surface area contributed by atoms with E-state index in [2.05, 4.69) is 42.2 Å². The molecule has 2 aromatic heterocycles. The number of aromatic nitrogens is 2. The first kappa shape index (κ1) is 15.9. The second-order valence-corrected chi connectivity index (χ2v) is 6.54. The Bertz CT molecular complexity index is 551. The normalized spacial score (nSPS) is 11.1. The number of nitrogens with one attached hydrogen (secondary N) is 1. The lowest BCUT2D eigenvalue weighted by atomic mass is 10.1. The van der Waals surface area contributed by atoms with Gasteiger partial charge in [0.25, 0.3) is 0 Å². The summed E-state index contributed by atoms with van der Waals surface area (Å²) in [5.74, 6) is 0.461. The Morgan fingerprint density at radius 3 is 2.76 bits per heavy atom. The molecule has 0 aromatic carbocycles. The van der Waals surface area contributed by atoms with Crippen LogP contribution in [0.5, 0.6) is 0 Å². The van der Waals surface area contributed by atoms with Gasteiger partial charge in [0, 0.05) is 43.3 Å². The Hall–Kier alpha value is -1.46. The van der Waals surface area contributed by atoms with Crippen molar-refractivity contribution >= 4 is 16.5 Å². The van der Waals surface area contributed by atoms with Crippen molar-refractivity contribution in [3.05, 3.63) is 40.7 Å². The fourth-order valence-corrected chi connectivity index (χ4v) is 3.39. The van der Waals surface area contributed by atoms with Crippen LogP contribution in [-0.2, 0) is 13.0 Å². The summed E-state index contributed by atoms with van der Waals surface area (Å²) in [4.78, 5) is 12.8. The van der Waals surface area contributed by atoms with Crippen LogP contribution in [-0.4, -0.2) is 30.6 Å². The van der Waals surface area contributed by atoms with Crippen LogP contribution >= 0.6 is 11.3 Å². The van der Waals surface area contributed by atoms with Crippen LogP contribution in [0.15, 0.2) is 24.4 Å². The van der Waals surface area contributed by atoms with Gasteiger partial charge in [-0.3, -0.25) is 4.98 Å². The van der Waals surface area contributed by atoms with Crippen LogP contribution in [0.1, 0.15) is 36.0 Å². The molecule has 2 aromatic rings. The zero-order valence-electron chi connectivity index (χ0n) is 13.3. The summed E-state index contributed by atoms with van der Waals surface area (Å²) in [6.45, 7) is 6.22. The van der Waals surface area contributed by atoms with E-state index in [0.717, 1.165) is 30.3 Å². The molecule has 114 valence electrons. The monoisotopic (exact) mass is 304 g/mol. The van der Waals surface area contributed by atoms with Crippen LogP contribution in [0.25, 0.3) is 0 Å². The summed E-state index contributed by atoms with van der Waals surface area (Å²) >= 11 is 1.79. The van der Waals surface area contributed by atoms with E-state index in [-0.39, 0.29) is 0 Å². The molecular formula is C16H24N4S. The lowest BCUT2D eigenvalue weighted by molar-refractivity contribution is 0.767. The number of rotatable bonds is 7. The third-order valence-corrected chi connectivity index (χ3v) is 4.54. The zero-order chi connectivity index (χ0) is 15.2. The second-order valence-electron chi connectivity index (χ2n) is 5.48. The number of likely N-dealkylation sites (N-methyl/N-ethyl adjacent to an activating group) is 1. The predicted molar refractivity (Wildman–Crippen MR) is 90.2 cm³/mol. The van der Waals surface area contributed by atoms with E-state index < -0.39 is 0 Å². The molecule has 0 spiro atoms. The zero-order valence-corrected chi connectivity index (χ0v) is 14.1. The lowest BCUT2D eigenvalue weighted by Crippen LogP contribution is -2.20. The molecule has 1 N–H and O–H groups in total. The van der Waals surface area contributed by atoms with Crippen molar-refractivity contribution in [1.29, 1.82) is 0 Å². The van der Waals surface area contributed by atoms with Crippen LogP contribution in [0, 0.1) is 0 Å². The van der Waals surface area contributed by atoms with Gasteiger partial charge >= 0.3 is 0 Å². The first-order valence-electron chi connectivity index (χ1n) is 7.37. The van der Waals surface area contributed by atoms with Crippen molar-refractivity contribution in [2.75, 3.05) is 25.5 Å². The molecule has 2 heterocycles. The van der Waals surface area contributed by atoms with Gasteiger partial charge in [-0.25, -0.2) is 4.98 Å². The Kier molecular flexibility index (Phi) is 5.70. The maximum atomic E-state index is 4.82. The van der Waals surface area contributed by atoms with Gasteiger partial charge < -0.3 is 10.2 Å². The molecular weight excluding hydrogens is 280 g/mol. The van der Waals surface area contributed by atoms with Gasteiger partial charge in [0.05, 0.1) is 5.69 Å². The van der Waals surface area contributed by atoms with E-state index in [1.807, 2.05) is 25.4 Å². The molecule has 0 aliphatic carbocycles. The van der Waals surface area contributed by atoms with Crippen LogP contribution in [0.3, 0.4) is 0 Å². The van der Waals surface area contributed by atoms with Crippen LogP contribution in [0.4, 0.5) is 5.13 Å². The highest BCUT2D eigenvalue weighted by Gasteiger charge is 2.16. The van der Waals surface area contributed by atoms with Gasteiger partial charge in [-0.15, -0.1) is 11.3 Å². The first-order chi connectivity index (χ1) is 10.1. The second kappa shape index (κ2) is 7.52. The molecule has 0 unspecified atom stereocenters. The van der Waals surface area contributed by atoms with Crippen LogP contribution in [0.2, 0.25) is 0 Å². The molecule has 0 bridgehead atoms. The molecule has 4 nitrogen and oxygen atoms in total. The molecule has 0 fully saturated rings. The van der Waals surface area contributed by atoms with Gasteiger partial charge in [-0.2, -0.15) is 0 Å². The molecule has 0 aliphatic heterocycles. The molecule has 0 aliphatic rings. The highest BCUT2D eigenvalue weighted by atomic mass is 32.1. The van der Waals surface area contributed by atoms with Gasteiger partial charge in [-0.1, -0.05) is 19.9 Å². The lowest BCUT2D eigenvalue weighted by Gasteiger charge is -2.15. The topological polar surface area (TPSA) is 41.0 Å². The Morgan fingerprint density at radius 2 is 2.14 bits per heavy atom. The highest BCUT2D eigenvalue weighted by Crippen LogP contribution is 2.30. The summed E-state index contributed by atoms with van der Waals surface area (Å²) in [6, 6.07) is 6.06. The largest absolute Gasteiger partial charge is 0.351 e. The smallest absolute Gasteiger partial charge is 0.185 e. The van der Waals surface area contributed by atoms with Gasteiger partial charge in [0.2, 0.25) is 0 Å². The number of pyridine rings is 1. The van der Waals surface area contributed by atoms with Crippen molar-refractivity contribution in [1.82, 2.24) is 15.3 Å². The standard InChI is InChI=1S/C16H24N4S/c1-12(2)15-14(11-17-3)21-16(19-15)20(4)10-8-13-7-5-6-9-18-13/h5-7,9,12,17H,8,10-11H2,1-4H3. The number of hydrogen-bond donors (Lipinski definition) is 1. The van der Waals surface area contributed by atoms with Crippen molar-refractivity contribution < 1.29 is 0 Å². The Balaban J connectivity index is 2.05. The van der Waals surface area contributed by atoms with Crippen LogP contribution < -0.4 is 10.2 Å². The van der Waals surface area contributed by atoms with Gasteiger partial charge in [0.15, 0.2) is 5.13 Å². The summed E-state index contributed by atoms with van der Waals surface area (Å²) in [6.07, 6.45) is 2.79. The molecule has 21 heavy (non-hydrogen) atoms. The van der Waals surface area contributed by atoms with Gasteiger partial charge in [0.1, 0.15) is 0 Å². The fraction of sp³-hybridized carbons (Fsp3) is 0.500. The minimum absolute atomic E-state index is 0.461. The first-order valence-corrected chi connectivity index (χ1v) is 8.18. The van der Waals surface area contributed by atoms with E-state index in [1.54, 1.807) is 11.3 Å². The van der Waals surface area contributed by atoms with E-state index in [4.69, 9.17) is 4.98 Å². The van der Waals surface area contributed by atoms with Crippen molar-refractivity contribution in [3.8, 4) is 0 Å². The van der Waals surface area contributed by atoms with Gasteiger partial charge in [-0.05, 0) is 25.1 Å². The molecule has 0 atom stereocenters. The third-order valence-electron chi connectivity index (χ3n) is 3.36. The number of thiazole rings is 1.